The van der Waals surface area contributed by atoms with Crippen LogP contribution in [0.25, 0.3) is 0 Å². The van der Waals surface area contributed by atoms with Crippen LogP contribution in [-0.4, -0.2) is 50.7 Å². The first kappa shape index (κ1) is 17.6. The number of likely N-dealkylation sites (tertiary alicyclic amines) is 1. The van der Waals surface area contributed by atoms with E-state index in [9.17, 15) is 9.18 Å². The number of hydrogen-bond donors (Lipinski definition) is 0. The van der Waals surface area contributed by atoms with Crippen molar-refractivity contribution in [2.75, 3.05) is 18.8 Å². The summed E-state index contributed by atoms with van der Waals surface area (Å²) in [5.74, 6) is -0.135. The van der Waals surface area contributed by atoms with Crippen LogP contribution in [0.5, 0.6) is 5.88 Å². The highest BCUT2D eigenvalue weighted by molar-refractivity contribution is 8.00. The Morgan fingerprint density at radius 1 is 1.40 bits per heavy atom. The standard InChI is InChI=1S/C17H19FN4O2S/c1-2-14-16(18)17(21-11-20-14)24-12-5-8-22(9-12)15(23)10-25-13-3-6-19-7-4-13/h3-4,6-7,11-12H,2,5,8-10H2,1H3/t12-/m0/s1. The van der Waals surface area contributed by atoms with Crippen molar-refractivity contribution in [3.8, 4) is 5.88 Å². The van der Waals surface area contributed by atoms with Gasteiger partial charge in [-0.05, 0) is 18.6 Å². The molecule has 3 heterocycles. The number of rotatable bonds is 6. The maximum Gasteiger partial charge on any atom is 0.254 e. The first-order chi connectivity index (χ1) is 12.2. The molecule has 1 atom stereocenters. The van der Waals surface area contributed by atoms with Gasteiger partial charge in [0.2, 0.25) is 11.7 Å². The monoisotopic (exact) mass is 362 g/mol. The van der Waals surface area contributed by atoms with E-state index in [0.717, 1.165) is 4.90 Å². The molecule has 8 heteroatoms. The molecule has 2 aromatic rings. The topological polar surface area (TPSA) is 68.2 Å². The maximum atomic E-state index is 14.2. The summed E-state index contributed by atoms with van der Waals surface area (Å²) in [4.78, 5) is 26.8. The second-order valence-corrected chi connectivity index (χ2v) is 6.68. The molecule has 1 fully saturated rings. The molecule has 0 aromatic carbocycles. The van der Waals surface area contributed by atoms with E-state index in [1.54, 1.807) is 17.3 Å². The fraction of sp³-hybridized carbons (Fsp3) is 0.412. The Kier molecular flexibility index (Phi) is 5.80. The molecular weight excluding hydrogens is 343 g/mol. The van der Waals surface area contributed by atoms with E-state index in [2.05, 4.69) is 15.0 Å². The van der Waals surface area contributed by atoms with Crippen molar-refractivity contribution in [1.82, 2.24) is 19.9 Å². The lowest BCUT2D eigenvalue weighted by molar-refractivity contribution is -0.127. The second-order valence-electron chi connectivity index (χ2n) is 5.63. The Labute approximate surface area is 149 Å². The van der Waals surface area contributed by atoms with Gasteiger partial charge in [-0.2, -0.15) is 9.37 Å². The van der Waals surface area contributed by atoms with Gasteiger partial charge in [-0.15, -0.1) is 11.8 Å². The Hall–Kier alpha value is -2.22. The number of carbonyl (C=O) groups is 1. The van der Waals surface area contributed by atoms with Crippen molar-refractivity contribution >= 4 is 17.7 Å². The summed E-state index contributed by atoms with van der Waals surface area (Å²) < 4.78 is 19.8. The van der Waals surface area contributed by atoms with Crippen LogP contribution in [0.3, 0.4) is 0 Å². The maximum absolute atomic E-state index is 14.2. The molecule has 2 aromatic heterocycles. The van der Waals surface area contributed by atoms with E-state index < -0.39 is 5.82 Å². The average molecular weight is 362 g/mol. The molecule has 0 aliphatic carbocycles. The minimum atomic E-state index is -0.511. The minimum absolute atomic E-state index is 0.0303. The Bertz CT molecular complexity index is 732. The van der Waals surface area contributed by atoms with Gasteiger partial charge in [0.05, 0.1) is 18.0 Å². The van der Waals surface area contributed by atoms with Crippen LogP contribution in [-0.2, 0) is 11.2 Å². The van der Waals surface area contributed by atoms with Gasteiger partial charge in [-0.25, -0.2) is 4.98 Å². The number of aryl methyl sites for hydroxylation is 1. The lowest BCUT2D eigenvalue weighted by Gasteiger charge is -2.17. The van der Waals surface area contributed by atoms with E-state index in [1.807, 2.05) is 19.1 Å². The van der Waals surface area contributed by atoms with Crippen LogP contribution in [0.1, 0.15) is 19.0 Å². The van der Waals surface area contributed by atoms with Gasteiger partial charge < -0.3 is 9.64 Å². The molecule has 1 aliphatic rings. The zero-order valence-corrected chi connectivity index (χ0v) is 14.7. The van der Waals surface area contributed by atoms with Gasteiger partial charge in [0.25, 0.3) is 5.88 Å². The number of aromatic nitrogens is 3. The van der Waals surface area contributed by atoms with Crippen LogP contribution in [0, 0.1) is 5.82 Å². The van der Waals surface area contributed by atoms with Crippen molar-refractivity contribution in [2.24, 2.45) is 0 Å². The van der Waals surface area contributed by atoms with Crippen LogP contribution in [0.2, 0.25) is 0 Å². The molecule has 0 bridgehead atoms. The molecule has 132 valence electrons. The summed E-state index contributed by atoms with van der Waals surface area (Å²) in [6.45, 7) is 2.88. The quantitative estimate of drug-likeness (QED) is 0.735. The first-order valence-corrected chi connectivity index (χ1v) is 9.12. The summed E-state index contributed by atoms with van der Waals surface area (Å²) in [5, 5.41) is 0. The van der Waals surface area contributed by atoms with E-state index >= 15 is 0 Å². The third-order valence-corrected chi connectivity index (χ3v) is 4.95. The third kappa shape index (κ3) is 4.45. The van der Waals surface area contributed by atoms with E-state index in [4.69, 9.17) is 4.74 Å². The van der Waals surface area contributed by atoms with Crippen LogP contribution in [0.15, 0.2) is 35.7 Å². The number of amides is 1. The van der Waals surface area contributed by atoms with E-state index in [-0.39, 0.29) is 17.9 Å². The van der Waals surface area contributed by atoms with Crippen molar-refractivity contribution in [2.45, 2.75) is 30.8 Å². The molecule has 3 rings (SSSR count). The van der Waals surface area contributed by atoms with Crippen LogP contribution in [0.4, 0.5) is 4.39 Å². The Morgan fingerprint density at radius 2 is 2.20 bits per heavy atom. The lowest BCUT2D eigenvalue weighted by Crippen LogP contribution is -2.32. The smallest absolute Gasteiger partial charge is 0.254 e. The highest BCUT2D eigenvalue weighted by Gasteiger charge is 2.28. The summed E-state index contributed by atoms with van der Waals surface area (Å²) in [7, 11) is 0. The predicted octanol–water partition coefficient (Wildman–Crippen LogP) is 2.35. The van der Waals surface area contributed by atoms with Crippen LogP contribution < -0.4 is 4.74 Å². The molecule has 6 nitrogen and oxygen atoms in total. The fourth-order valence-corrected chi connectivity index (χ4v) is 3.38. The molecule has 1 aliphatic heterocycles. The SMILES string of the molecule is CCc1ncnc(O[C@H]2CCN(C(=O)CSc3ccncc3)C2)c1F. The van der Waals surface area contributed by atoms with Gasteiger partial charge >= 0.3 is 0 Å². The number of carbonyl (C=O) groups excluding carboxylic acids is 1. The average Bonchev–Trinajstić information content (AvgIpc) is 3.11. The zero-order valence-electron chi connectivity index (χ0n) is 13.9. The third-order valence-electron chi connectivity index (χ3n) is 3.95. The first-order valence-electron chi connectivity index (χ1n) is 8.14. The zero-order chi connectivity index (χ0) is 17.6. The number of pyridine rings is 1. The molecule has 0 saturated carbocycles. The largest absolute Gasteiger partial charge is 0.470 e. The number of nitrogens with zero attached hydrogens (tertiary/aromatic N) is 4. The Morgan fingerprint density at radius 3 is 2.96 bits per heavy atom. The van der Waals surface area contributed by atoms with Gasteiger partial charge in [-0.1, -0.05) is 6.92 Å². The van der Waals surface area contributed by atoms with E-state index in [0.29, 0.717) is 37.4 Å². The molecule has 25 heavy (non-hydrogen) atoms. The fourth-order valence-electron chi connectivity index (χ4n) is 2.60. The van der Waals surface area contributed by atoms with Gasteiger partial charge in [-0.3, -0.25) is 9.78 Å². The molecule has 0 unspecified atom stereocenters. The van der Waals surface area contributed by atoms with Gasteiger partial charge in [0.1, 0.15) is 12.4 Å². The van der Waals surface area contributed by atoms with Crippen molar-refractivity contribution in [3.05, 3.63) is 42.4 Å². The molecule has 0 spiro atoms. The number of halogens is 1. The minimum Gasteiger partial charge on any atom is -0.470 e. The molecule has 1 amide bonds. The van der Waals surface area contributed by atoms with Crippen LogP contribution >= 0.6 is 11.8 Å². The van der Waals surface area contributed by atoms with Crippen molar-refractivity contribution < 1.29 is 13.9 Å². The summed E-state index contributed by atoms with van der Waals surface area (Å²) >= 11 is 1.48. The number of thioether (sulfide) groups is 1. The summed E-state index contributed by atoms with van der Waals surface area (Å²) in [5.41, 5.74) is 0.338. The van der Waals surface area contributed by atoms with Crippen molar-refractivity contribution in [3.63, 3.8) is 0 Å². The predicted molar refractivity (Wildman–Crippen MR) is 91.9 cm³/mol. The Balaban J connectivity index is 1.52. The van der Waals surface area contributed by atoms with Gasteiger partial charge in [0, 0.05) is 30.3 Å². The highest BCUT2D eigenvalue weighted by Crippen LogP contribution is 2.22. The number of hydrogen-bond acceptors (Lipinski definition) is 6. The second kappa shape index (κ2) is 8.24. The summed E-state index contributed by atoms with van der Waals surface area (Å²) in [6.07, 6.45) is 5.60. The highest BCUT2D eigenvalue weighted by atomic mass is 32.2. The summed E-state index contributed by atoms with van der Waals surface area (Å²) in [6, 6.07) is 3.74. The number of ether oxygens (including phenoxy) is 1. The molecule has 0 N–H and O–H groups in total. The van der Waals surface area contributed by atoms with E-state index in [1.165, 1.54) is 18.1 Å². The normalized spacial score (nSPS) is 16.9. The van der Waals surface area contributed by atoms with Gasteiger partial charge in [0.15, 0.2) is 0 Å². The lowest BCUT2D eigenvalue weighted by atomic mass is 10.3. The van der Waals surface area contributed by atoms with Crippen molar-refractivity contribution in [1.29, 1.82) is 0 Å². The molecule has 1 saturated heterocycles. The molecule has 0 radical (unpaired) electrons. The molecular formula is C17H19FN4O2S.